The van der Waals surface area contributed by atoms with Gasteiger partial charge in [-0.05, 0) is 30.0 Å². The zero-order chi connectivity index (χ0) is 12.4. The Labute approximate surface area is 103 Å². The lowest BCUT2D eigenvalue weighted by Crippen LogP contribution is -2.30. The fourth-order valence-electron chi connectivity index (χ4n) is 2.03. The highest BCUT2D eigenvalue weighted by atomic mass is 16.5. The number of hydrogen-bond donors (Lipinski definition) is 2. The molecule has 94 valence electrons. The van der Waals surface area contributed by atoms with E-state index in [0.717, 1.165) is 11.3 Å². The second kappa shape index (κ2) is 5.07. The van der Waals surface area contributed by atoms with Crippen molar-refractivity contribution in [2.75, 3.05) is 13.1 Å². The topological polar surface area (TPSA) is 41.5 Å². The van der Waals surface area contributed by atoms with Crippen LogP contribution in [0.2, 0.25) is 0 Å². The van der Waals surface area contributed by atoms with E-state index in [0.29, 0.717) is 19.0 Å². The molecule has 2 atom stereocenters. The van der Waals surface area contributed by atoms with Gasteiger partial charge in [-0.25, -0.2) is 0 Å². The molecular weight excluding hydrogens is 214 g/mol. The smallest absolute Gasteiger partial charge is 0.138 e. The molecule has 1 aromatic rings. The Balaban J connectivity index is 2.16. The van der Waals surface area contributed by atoms with E-state index in [1.807, 2.05) is 6.92 Å². The van der Waals surface area contributed by atoms with Crippen molar-refractivity contribution in [2.45, 2.75) is 38.9 Å². The maximum absolute atomic E-state index is 9.73. The molecule has 3 heteroatoms. The van der Waals surface area contributed by atoms with Crippen molar-refractivity contribution >= 4 is 0 Å². The summed E-state index contributed by atoms with van der Waals surface area (Å²) in [5.41, 5.74) is 2.39. The summed E-state index contributed by atoms with van der Waals surface area (Å²) in [5, 5.41) is 12.9. The molecule has 17 heavy (non-hydrogen) atoms. The predicted octanol–water partition coefficient (Wildman–Crippen LogP) is 1.83. The summed E-state index contributed by atoms with van der Waals surface area (Å²) < 4.78 is 5.90. The largest absolute Gasteiger partial charge is 0.486 e. The molecule has 0 amide bonds. The molecule has 0 unspecified atom stereocenters. The number of hydrogen-bond acceptors (Lipinski definition) is 3. The van der Waals surface area contributed by atoms with Crippen molar-refractivity contribution in [1.29, 1.82) is 0 Å². The Kier molecular flexibility index (Phi) is 3.69. The van der Waals surface area contributed by atoms with Crippen molar-refractivity contribution in [3.8, 4) is 5.75 Å². The van der Waals surface area contributed by atoms with Crippen LogP contribution >= 0.6 is 0 Å². The molecule has 1 aliphatic heterocycles. The zero-order valence-corrected chi connectivity index (χ0v) is 10.7. The van der Waals surface area contributed by atoms with Gasteiger partial charge in [0.1, 0.15) is 18.0 Å². The summed E-state index contributed by atoms with van der Waals surface area (Å²) in [4.78, 5) is 0. The van der Waals surface area contributed by atoms with Crippen LogP contribution in [0.1, 0.15) is 30.9 Å². The molecule has 0 saturated carbocycles. The van der Waals surface area contributed by atoms with E-state index < -0.39 is 6.10 Å². The molecule has 0 spiro atoms. The summed E-state index contributed by atoms with van der Waals surface area (Å²) in [6.45, 7) is 7.70. The molecule has 0 bridgehead atoms. The normalized spacial score (nSPS) is 24.3. The van der Waals surface area contributed by atoms with Gasteiger partial charge in [0.05, 0.1) is 0 Å². The summed E-state index contributed by atoms with van der Waals surface area (Å²) in [5.74, 6) is 1.38. The first kappa shape index (κ1) is 12.4. The fourth-order valence-corrected chi connectivity index (χ4v) is 2.03. The van der Waals surface area contributed by atoms with Crippen molar-refractivity contribution in [1.82, 2.24) is 5.32 Å². The highest BCUT2D eigenvalue weighted by Gasteiger charge is 2.27. The van der Waals surface area contributed by atoms with Gasteiger partial charge in [0.2, 0.25) is 0 Å². The van der Waals surface area contributed by atoms with Crippen molar-refractivity contribution in [3.05, 3.63) is 29.3 Å². The van der Waals surface area contributed by atoms with Gasteiger partial charge in [-0.15, -0.1) is 0 Å². The van der Waals surface area contributed by atoms with Crippen LogP contribution < -0.4 is 10.1 Å². The number of ether oxygens (including phenoxy) is 1. The van der Waals surface area contributed by atoms with Crippen LogP contribution in [0.4, 0.5) is 0 Å². The van der Waals surface area contributed by atoms with Crippen LogP contribution in [0, 0.1) is 6.92 Å². The SMILES string of the molecule is Cc1ccc(C(C)C)cc1O[C@H]1CNC[C@@H]1O. The lowest BCUT2D eigenvalue weighted by molar-refractivity contribution is 0.0732. The van der Waals surface area contributed by atoms with Crippen molar-refractivity contribution in [3.63, 3.8) is 0 Å². The molecule has 3 nitrogen and oxygen atoms in total. The van der Waals surface area contributed by atoms with E-state index in [1.54, 1.807) is 0 Å². The van der Waals surface area contributed by atoms with E-state index in [9.17, 15) is 5.11 Å². The molecule has 2 N–H and O–H groups in total. The molecule has 1 saturated heterocycles. The van der Waals surface area contributed by atoms with E-state index >= 15 is 0 Å². The first-order chi connectivity index (χ1) is 8.08. The van der Waals surface area contributed by atoms with Gasteiger partial charge in [0.15, 0.2) is 0 Å². The van der Waals surface area contributed by atoms with E-state index in [-0.39, 0.29) is 6.10 Å². The minimum Gasteiger partial charge on any atom is -0.486 e. The first-order valence-corrected chi connectivity index (χ1v) is 6.24. The van der Waals surface area contributed by atoms with Gasteiger partial charge in [-0.3, -0.25) is 0 Å². The molecule has 0 radical (unpaired) electrons. The lowest BCUT2D eigenvalue weighted by atomic mass is 10.0. The van der Waals surface area contributed by atoms with Crippen molar-refractivity contribution in [2.24, 2.45) is 0 Å². The number of aliphatic hydroxyl groups is 1. The molecule has 1 aromatic carbocycles. The molecule has 2 rings (SSSR count). The minimum atomic E-state index is -0.405. The van der Waals surface area contributed by atoms with Crippen LogP contribution in [0.15, 0.2) is 18.2 Å². The van der Waals surface area contributed by atoms with Crippen LogP contribution in [-0.2, 0) is 0 Å². The van der Waals surface area contributed by atoms with Crippen LogP contribution in [0.3, 0.4) is 0 Å². The molecule has 0 aliphatic carbocycles. The molecule has 1 heterocycles. The molecule has 0 aromatic heterocycles. The number of β-amino-alcohol motifs (C(OH)–C–C–N with tert-alkyl or cyclic N) is 1. The summed E-state index contributed by atoms with van der Waals surface area (Å²) in [6, 6.07) is 6.31. The average molecular weight is 235 g/mol. The third-order valence-electron chi connectivity index (χ3n) is 3.29. The van der Waals surface area contributed by atoms with Gasteiger partial charge < -0.3 is 15.2 Å². The summed E-state index contributed by atoms with van der Waals surface area (Å²) >= 11 is 0. The highest BCUT2D eigenvalue weighted by Crippen LogP contribution is 2.26. The Bertz CT molecular complexity index is 390. The predicted molar refractivity (Wildman–Crippen MR) is 68.6 cm³/mol. The zero-order valence-electron chi connectivity index (χ0n) is 10.7. The number of aryl methyl sites for hydroxylation is 1. The second-order valence-electron chi connectivity index (χ2n) is 5.06. The average Bonchev–Trinajstić information content (AvgIpc) is 2.67. The lowest BCUT2D eigenvalue weighted by Gasteiger charge is -2.19. The van der Waals surface area contributed by atoms with Gasteiger partial charge in [-0.1, -0.05) is 26.0 Å². The Morgan fingerprint density at radius 2 is 2.12 bits per heavy atom. The van der Waals surface area contributed by atoms with Crippen LogP contribution in [0.5, 0.6) is 5.75 Å². The highest BCUT2D eigenvalue weighted by molar-refractivity contribution is 5.38. The number of rotatable bonds is 3. The van der Waals surface area contributed by atoms with Crippen molar-refractivity contribution < 1.29 is 9.84 Å². The second-order valence-corrected chi connectivity index (χ2v) is 5.06. The summed E-state index contributed by atoms with van der Waals surface area (Å²) in [6.07, 6.45) is -0.534. The van der Waals surface area contributed by atoms with Gasteiger partial charge in [-0.2, -0.15) is 0 Å². The Hall–Kier alpha value is -1.06. The standard InChI is InChI=1S/C14H21NO2/c1-9(2)11-5-4-10(3)13(6-11)17-14-8-15-7-12(14)16/h4-6,9,12,14-16H,7-8H2,1-3H3/t12-,14-/m0/s1. The van der Waals surface area contributed by atoms with E-state index in [1.165, 1.54) is 5.56 Å². The van der Waals surface area contributed by atoms with E-state index in [4.69, 9.17) is 4.74 Å². The van der Waals surface area contributed by atoms with Gasteiger partial charge >= 0.3 is 0 Å². The van der Waals surface area contributed by atoms with Gasteiger partial charge in [0, 0.05) is 13.1 Å². The number of aliphatic hydroxyl groups excluding tert-OH is 1. The molecule has 1 aliphatic rings. The van der Waals surface area contributed by atoms with Gasteiger partial charge in [0.25, 0.3) is 0 Å². The van der Waals surface area contributed by atoms with E-state index in [2.05, 4.69) is 37.4 Å². The number of nitrogens with one attached hydrogen (secondary N) is 1. The fraction of sp³-hybridized carbons (Fsp3) is 0.571. The first-order valence-electron chi connectivity index (χ1n) is 6.24. The third-order valence-corrected chi connectivity index (χ3v) is 3.29. The Morgan fingerprint density at radius 1 is 1.35 bits per heavy atom. The van der Waals surface area contributed by atoms with Crippen LogP contribution in [0.25, 0.3) is 0 Å². The quantitative estimate of drug-likeness (QED) is 0.840. The molecule has 1 fully saturated rings. The maximum Gasteiger partial charge on any atom is 0.138 e. The van der Waals surface area contributed by atoms with Crippen LogP contribution in [-0.4, -0.2) is 30.4 Å². The Morgan fingerprint density at radius 3 is 2.71 bits per heavy atom. The monoisotopic (exact) mass is 235 g/mol. The molecular formula is C14H21NO2. The maximum atomic E-state index is 9.73. The third kappa shape index (κ3) is 2.79. The minimum absolute atomic E-state index is 0.129. The number of benzene rings is 1. The summed E-state index contributed by atoms with van der Waals surface area (Å²) in [7, 11) is 0.